The number of nitrogens with zero attached hydrogens (tertiary/aromatic N) is 1. The number of rotatable bonds is 2. The van der Waals surface area contributed by atoms with Crippen LogP contribution in [-0.2, 0) is 11.3 Å². The van der Waals surface area contributed by atoms with E-state index in [2.05, 4.69) is 21.2 Å². The van der Waals surface area contributed by atoms with Gasteiger partial charge in [-0.25, -0.2) is 4.39 Å². The van der Waals surface area contributed by atoms with Gasteiger partial charge in [0.25, 0.3) is 0 Å². The smallest absolute Gasteiger partial charge is 0.239 e. The second-order valence-electron chi connectivity index (χ2n) is 4.54. The predicted molar refractivity (Wildman–Crippen MR) is 71.6 cm³/mol. The first-order valence-electron chi connectivity index (χ1n) is 6.04. The van der Waals surface area contributed by atoms with Crippen molar-refractivity contribution in [3.63, 3.8) is 0 Å². The van der Waals surface area contributed by atoms with Gasteiger partial charge in [0.2, 0.25) is 5.91 Å². The number of benzene rings is 1. The van der Waals surface area contributed by atoms with E-state index in [1.807, 2.05) is 11.8 Å². The second-order valence-corrected chi connectivity index (χ2v) is 5.39. The van der Waals surface area contributed by atoms with Crippen molar-refractivity contribution in [2.45, 2.75) is 25.9 Å². The van der Waals surface area contributed by atoms with Crippen molar-refractivity contribution in [2.24, 2.45) is 0 Å². The molecule has 1 fully saturated rings. The van der Waals surface area contributed by atoms with E-state index >= 15 is 0 Å². The SMILES string of the molecule is CC1NCCCN(Cc2ccc(F)c(Br)c2)C1=O. The third-order valence-corrected chi connectivity index (χ3v) is 3.70. The van der Waals surface area contributed by atoms with E-state index in [4.69, 9.17) is 0 Å². The molecule has 1 aromatic rings. The standard InChI is InChI=1S/C13H16BrFN2O/c1-9-13(18)17(6-2-5-16-9)8-10-3-4-12(15)11(14)7-10/h3-4,7,9,16H,2,5-6,8H2,1H3. The Labute approximate surface area is 114 Å². The highest BCUT2D eigenvalue weighted by Crippen LogP contribution is 2.18. The molecule has 0 radical (unpaired) electrons. The van der Waals surface area contributed by atoms with Gasteiger partial charge < -0.3 is 10.2 Å². The molecule has 5 heteroatoms. The summed E-state index contributed by atoms with van der Waals surface area (Å²) in [6.07, 6.45) is 0.943. The zero-order valence-electron chi connectivity index (χ0n) is 10.2. The Bertz CT molecular complexity index is 453. The average Bonchev–Trinajstić information content (AvgIpc) is 2.49. The fourth-order valence-electron chi connectivity index (χ4n) is 2.08. The van der Waals surface area contributed by atoms with Crippen molar-refractivity contribution in [3.8, 4) is 0 Å². The van der Waals surface area contributed by atoms with Crippen LogP contribution in [0.3, 0.4) is 0 Å². The molecule has 1 amide bonds. The molecule has 2 rings (SSSR count). The molecule has 1 unspecified atom stereocenters. The summed E-state index contributed by atoms with van der Waals surface area (Å²) in [4.78, 5) is 13.9. The van der Waals surface area contributed by atoms with Crippen molar-refractivity contribution in [3.05, 3.63) is 34.1 Å². The van der Waals surface area contributed by atoms with Crippen molar-refractivity contribution in [2.75, 3.05) is 13.1 Å². The molecule has 0 aromatic heterocycles. The number of hydrogen-bond donors (Lipinski definition) is 1. The van der Waals surface area contributed by atoms with Gasteiger partial charge in [-0.3, -0.25) is 4.79 Å². The van der Waals surface area contributed by atoms with Crippen molar-refractivity contribution >= 4 is 21.8 Å². The molecule has 1 aliphatic rings. The van der Waals surface area contributed by atoms with Gasteiger partial charge in [0.1, 0.15) is 5.82 Å². The normalized spacial score (nSPS) is 20.9. The first-order valence-corrected chi connectivity index (χ1v) is 6.83. The van der Waals surface area contributed by atoms with E-state index in [1.54, 1.807) is 12.1 Å². The van der Waals surface area contributed by atoms with Crippen LogP contribution in [0.2, 0.25) is 0 Å². The van der Waals surface area contributed by atoms with Gasteiger partial charge in [-0.05, 0) is 53.5 Å². The van der Waals surface area contributed by atoms with Crippen LogP contribution >= 0.6 is 15.9 Å². The van der Waals surface area contributed by atoms with Gasteiger partial charge in [-0.15, -0.1) is 0 Å². The first kappa shape index (κ1) is 13.5. The molecule has 98 valence electrons. The van der Waals surface area contributed by atoms with Crippen LogP contribution in [0, 0.1) is 5.82 Å². The van der Waals surface area contributed by atoms with Crippen molar-refractivity contribution in [1.82, 2.24) is 10.2 Å². The summed E-state index contributed by atoms with van der Waals surface area (Å²) >= 11 is 3.16. The topological polar surface area (TPSA) is 32.3 Å². The highest BCUT2D eigenvalue weighted by atomic mass is 79.9. The molecule has 0 saturated carbocycles. The minimum Gasteiger partial charge on any atom is -0.337 e. The summed E-state index contributed by atoms with van der Waals surface area (Å²) in [6.45, 7) is 4.01. The molecule has 1 aromatic carbocycles. The molecule has 1 saturated heterocycles. The molecule has 1 atom stereocenters. The molecule has 0 bridgehead atoms. The Morgan fingerprint density at radius 1 is 1.56 bits per heavy atom. The summed E-state index contributed by atoms with van der Waals surface area (Å²) in [6, 6.07) is 4.72. The molecule has 1 aliphatic heterocycles. The van der Waals surface area contributed by atoms with Gasteiger partial charge in [0.15, 0.2) is 0 Å². The first-order chi connectivity index (χ1) is 8.58. The predicted octanol–water partition coefficient (Wildman–Crippen LogP) is 2.30. The minimum absolute atomic E-state index is 0.105. The Kier molecular flexibility index (Phi) is 4.35. The Morgan fingerprint density at radius 2 is 2.33 bits per heavy atom. The maximum absolute atomic E-state index is 13.1. The van der Waals surface area contributed by atoms with E-state index in [0.717, 1.165) is 25.1 Å². The monoisotopic (exact) mass is 314 g/mol. The fraction of sp³-hybridized carbons (Fsp3) is 0.462. The largest absolute Gasteiger partial charge is 0.337 e. The zero-order chi connectivity index (χ0) is 13.1. The van der Waals surface area contributed by atoms with Gasteiger partial charge in [-0.2, -0.15) is 0 Å². The maximum Gasteiger partial charge on any atom is 0.239 e. The quantitative estimate of drug-likeness (QED) is 0.908. The van der Waals surface area contributed by atoms with Crippen LogP contribution < -0.4 is 5.32 Å². The van der Waals surface area contributed by atoms with Crippen LogP contribution in [0.4, 0.5) is 4.39 Å². The summed E-state index contributed by atoms with van der Waals surface area (Å²) in [7, 11) is 0. The number of carbonyl (C=O) groups is 1. The molecular formula is C13H16BrFN2O. The summed E-state index contributed by atoms with van der Waals surface area (Å²) in [5.74, 6) is -0.177. The zero-order valence-corrected chi connectivity index (χ0v) is 11.8. The molecule has 0 aliphatic carbocycles. The maximum atomic E-state index is 13.1. The van der Waals surface area contributed by atoms with Crippen molar-refractivity contribution in [1.29, 1.82) is 0 Å². The van der Waals surface area contributed by atoms with Gasteiger partial charge in [0.05, 0.1) is 10.5 Å². The van der Waals surface area contributed by atoms with Crippen LogP contribution in [0.5, 0.6) is 0 Å². The molecule has 1 heterocycles. The number of nitrogens with one attached hydrogen (secondary N) is 1. The van der Waals surface area contributed by atoms with Gasteiger partial charge in [0, 0.05) is 13.1 Å². The van der Waals surface area contributed by atoms with E-state index < -0.39 is 0 Å². The van der Waals surface area contributed by atoms with Crippen LogP contribution in [0.15, 0.2) is 22.7 Å². The number of halogens is 2. The van der Waals surface area contributed by atoms with Gasteiger partial charge in [-0.1, -0.05) is 6.07 Å². The van der Waals surface area contributed by atoms with Gasteiger partial charge >= 0.3 is 0 Å². The van der Waals surface area contributed by atoms with Crippen LogP contribution in [-0.4, -0.2) is 29.9 Å². The van der Waals surface area contributed by atoms with Crippen LogP contribution in [0.25, 0.3) is 0 Å². The number of amides is 1. The lowest BCUT2D eigenvalue weighted by Crippen LogP contribution is -2.41. The highest BCUT2D eigenvalue weighted by Gasteiger charge is 2.22. The molecule has 0 spiro atoms. The minimum atomic E-state index is -0.282. The fourth-order valence-corrected chi connectivity index (χ4v) is 2.50. The lowest BCUT2D eigenvalue weighted by molar-refractivity contribution is -0.132. The van der Waals surface area contributed by atoms with E-state index in [0.29, 0.717) is 11.0 Å². The third kappa shape index (κ3) is 3.09. The molecule has 1 N–H and O–H groups in total. The summed E-state index contributed by atoms with van der Waals surface area (Å²) < 4.78 is 13.6. The Morgan fingerprint density at radius 3 is 3.06 bits per heavy atom. The Hall–Kier alpha value is -0.940. The van der Waals surface area contributed by atoms with Crippen LogP contribution in [0.1, 0.15) is 18.9 Å². The third-order valence-electron chi connectivity index (χ3n) is 3.09. The molecule has 3 nitrogen and oxygen atoms in total. The number of carbonyl (C=O) groups excluding carboxylic acids is 1. The molecule has 18 heavy (non-hydrogen) atoms. The lowest BCUT2D eigenvalue weighted by Gasteiger charge is -2.22. The van der Waals surface area contributed by atoms with Crippen molar-refractivity contribution < 1.29 is 9.18 Å². The van der Waals surface area contributed by atoms with E-state index in [1.165, 1.54) is 6.07 Å². The van der Waals surface area contributed by atoms with E-state index in [9.17, 15) is 9.18 Å². The van der Waals surface area contributed by atoms with E-state index in [-0.39, 0.29) is 17.8 Å². The average molecular weight is 315 g/mol. The summed E-state index contributed by atoms with van der Waals surface area (Å²) in [5, 5.41) is 3.17. The summed E-state index contributed by atoms with van der Waals surface area (Å²) in [5.41, 5.74) is 0.936. The second kappa shape index (κ2) is 5.80. The molecular weight excluding hydrogens is 299 g/mol. The lowest BCUT2D eigenvalue weighted by atomic mass is 10.2. The number of hydrogen-bond acceptors (Lipinski definition) is 2. The Balaban J connectivity index is 2.11. The highest BCUT2D eigenvalue weighted by molar-refractivity contribution is 9.10.